The first-order chi connectivity index (χ1) is 9.40. The maximum atomic E-state index is 12.2. The van der Waals surface area contributed by atoms with E-state index in [1.54, 1.807) is 12.1 Å². The molecule has 20 heavy (non-hydrogen) atoms. The molecule has 1 rings (SSSR count). The molecular formula is C14H18BrNO4. The smallest absolute Gasteiger partial charge is 0.330 e. The molecule has 1 aromatic rings. The number of esters is 1. The molecule has 0 spiro atoms. The minimum atomic E-state index is -0.818. The molecule has 0 saturated heterocycles. The Morgan fingerprint density at radius 2 is 1.80 bits per heavy atom. The number of amides is 1. The van der Waals surface area contributed by atoms with Crippen molar-refractivity contribution in [3.8, 4) is 0 Å². The van der Waals surface area contributed by atoms with Crippen LogP contribution in [0.2, 0.25) is 0 Å². The number of nitrogens with one attached hydrogen (secondary N) is 1. The van der Waals surface area contributed by atoms with Gasteiger partial charge in [0.2, 0.25) is 0 Å². The van der Waals surface area contributed by atoms with Gasteiger partial charge in [-0.2, -0.15) is 0 Å². The minimum Gasteiger partial charge on any atom is -0.467 e. The van der Waals surface area contributed by atoms with Gasteiger partial charge in [0.25, 0.3) is 5.91 Å². The third kappa shape index (κ3) is 4.05. The van der Waals surface area contributed by atoms with Gasteiger partial charge in [0.05, 0.1) is 13.7 Å². The number of benzene rings is 1. The highest BCUT2D eigenvalue weighted by atomic mass is 79.9. The first-order valence-electron chi connectivity index (χ1n) is 6.05. The van der Waals surface area contributed by atoms with Gasteiger partial charge in [0.15, 0.2) is 6.04 Å². The van der Waals surface area contributed by atoms with Crippen LogP contribution in [0.3, 0.4) is 0 Å². The first kappa shape index (κ1) is 16.7. The molecule has 0 aliphatic carbocycles. The lowest BCUT2D eigenvalue weighted by molar-refractivity contribution is -0.144. The maximum absolute atomic E-state index is 12.2. The fourth-order valence-electron chi connectivity index (χ4n) is 1.80. The van der Waals surface area contributed by atoms with Crippen LogP contribution in [0, 0.1) is 13.8 Å². The number of methoxy groups -OCH3 is 2. The van der Waals surface area contributed by atoms with Gasteiger partial charge in [-0.05, 0) is 37.1 Å². The zero-order chi connectivity index (χ0) is 15.3. The van der Waals surface area contributed by atoms with E-state index >= 15 is 0 Å². The monoisotopic (exact) mass is 343 g/mol. The third-order valence-electron chi connectivity index (χ3n) is 2.82. The fraction of sp³-hybridized carbons (Fsp3) is 0.429. The number of carbonyl (C=O) groups is 2. The van der Waals surface area contributed by atoms with Crippen LogP contribution in [0.4, 0.5) is 0 Å². The molecule has 1 N–H and O–H groups in total. The number of halogens is 1. The Morgan fingerprint density at radius 1 is 1.25 bits per heavy atom. The van der Waals surface area contributed by atoms with Gasteiger partial charge in [-0.25, -0.2) is 4.79 Å². The van der Waals surface area contributed by atoms with Crippen molar-refractivity contribution in [1.29, 1.82) is 0 Å². The predicted octanol–water partition coefficient (Wildman–Crippen LogP) is 1.98. The Balaban J connectivity index is 2.91. The lowest BCUT2D eigenvalue weighted by Gasteiger charge is -2.16. The average molecular weight is 344 g/mol. The normalized spacial score (nSPS) is 11.8. The van der Waals surface area contributed by atoms with Gasteiger partial charge in [-0.1, -0.05) is 15.9 Å². The van der Waals surface area contributed by atoms with E-state index in [0.29, 0.717) is 5.56 Å². The van der Waals surface area contributed by atoms with Crippen LogP contribution in [0.1, 0.15) is 21.5 Å². The van der Waals surface area contributed by atoms with Crippen molar-refractivity contribution in [2.75, 3.05) is 20.8 Å². The summed E-state index contributed by atoms with van der Waals surface area (Å²) in [7, 11) is 2.72. The van der Waals surface area contributed by atoms with E-state index in [9.17, 15) is 9.59 Å². The van der Waals surface area contributed by atoms with Crippen molar-refractivity contribution in [1.82, 2.24) is 5.32 Å². The maximum Gasteiger partial charge on any atom is 0.330 e. The van der Waals surface area contributed by atoms with E-state index in [-0.39, 0.29) is 12.5 Å². The second kappa shape index (κ2) is 7.40. The summed E-state index contributed by atoms with van der Waals surface area (Å²) in [6.45, 7) is 3.87. The highest BCUT2D eigenvalue weighted by Crippen LogP contribution is 2.22. The van der Waals surface area contributed by atoms with Crippen LogP contribution in [-0.4, -0.2) is 38.7 Å². The summed E-state index contributed by atoms with van der Waals surface area (Å²) in [6, 6.07) is 2.70. The third-order valence-corrected chi connectivity index (χ3v) is 4.07. The topological polar surface area (TPSA) is 64.6 Å². The van der Waals surface area contributed by atoms with E-state index in [2.05, 4.69) is 26.0 Å². The lowest BCUT2D eigenvalue weighted by Crippen LogP contribution is -2.44. The van der Waals surface area contributed by atoms with Crippen LogP contribution in [0.5, 0.6) is 0 Å². The van der Waals surface area contributed by atoms with Crippen LogP contribution < -0.4 is 5.32 Å². The molecule has 1 amide bonds. The molecule has 0 aromatic heterocycles. The van der Waals surface area contributed by atoms with Crippen molar-refractivity contribution >= 4 is 27.8 Å². The Hall–Kier alpha value is -1.40. The molecule has 0 heterocycles. The summed E-state index contributed by atoms with van der Waals surface area (Å²) in [4.78, 5) is 23.7. The molecule has 0 aliphatic heterocycles. The molecule has 1 unspecified atom stereocenters. The highest BCUT2D eigenvalue weighted by Gasteiger charge is 2.22. The van der Waals surface area contributed by atoms with Gasteiger partial charge in [-0.3, -0.25) is 4.79 Å². The fourth-order valence-corrected chi connectivity index (χ4v) is 2.03. The van der Waals surface area contributed by atoms with Gasteiger partial charge in [0.1, 0.15) is 0 Å². The molecule has 110 valence electrons. The van der Waals surface area contributed by atoms with Gasteiger partial charge in [-0.15, -0.1) is 0 Å². The van der Waals surface area contributed by atoms with E-state index in [1.165, 1.54) is 14.2 Å². The predicted molar refractivity (Wildman–Crippen MR) is 78.8 cm³/mol. The molecule has 0 radical (unpaired) electrons. The molecule has 5 nitrogen and oxygen atoms in total. The number of ether oxygens (including phenoxy) is 2. The molecular weight excluding hydrogens is 326 g/mol. The Bertz CT molecular complexity index is 493. The minimum absolute atomic E-state index is 0.0624. The lowest BCUT2D eigenvalue weighted by atomic mass is 10.1. The zero-order valence-corrected chi connectivity index (χ0v) is 13.5. The molecule has 0 bridgehead atoms. The Kier molecular flexibility index (Phi) is 6.16. The van der Waals surface area contributed by atoms with Crippen molar-refractivity contribution in [3.63, 3.8) is 0 Å². The average Bonchev–Trinajstić information content (AvgIpc) is 2.42. The van der Waals surface area contributed by atoms with Crippen molar-refractivity contribution in [3.05, 3.63) is 33.3 Å². The van der Waals surface area contributed by atoms with Crippen LogP contribution in [-0.2, 0) is 14.3 Å². The molecule has 0 fully saturated rings. The van der Waals surface area contributed by atoms with Gasteiger partial charge < -0.3 is 14.8 Å². The van der Waals surface area contributed by atoms with Gasteiger partial charge >= 0.3 is 5.97 Å². The molecule has 1 aromatic carbocycles. The second-order valence-electron chi connectivity index (χ2n) is 4.43. The quantitative estimate of drug-likeness (QED) is 0.830. The van der Waals surface area contributed by atoms with Gasteiger partial charge in [0, 0.05) is 17.1 Å². The number of aryl methyl sites for hydroxylation is 2. The summed E-state index contributed by atoms with van der Waals surface area (Å²) in [5, 5.41) is 2.61. The summed E-state index contributed by atoms with van der Waals surface area (Å²) < 4.78 is 10.5. The summed E-state index contributed by atoms with van der Waals surface area (Å²) >= 11 is 3.45. The Morgan fingerprint density at radius 3 is 2.25 bits per heavy atom. The van der Waals surface area contributed by atoms with Crippen LogP contribution >= 0.6 is 15.9 Å². The second-order valence-corrected chi connectivity index (χ2v) is 5.22. The number of carbonyl (C=O) groups excluding carboxylic acids is 2. The summed E-state index contributed by atoms with van der Waals surface area (Å²) in [6.07, 6.45) is 0. The Labute approximate surface area is 126 Å². The van der Waals surface area contributed by atoms with Crippen LogP contribution in [0.15, 0.2) is 16.6 Å². The van der Waals surface area contributed by atoms with Crippen molar-refractivity contribution in [2.24, 2.45) is 0 Å². The van der Waals surface area contributed by atoms with Crippen molar-refractivity contribution in [2.45, 2.75) is 19.9 Å². The molecule has 1 atom stereocenters. The zero-order valence-electron chi connectivity index (χ0n) is 12.0. The molecule has 0 saturated carbocycles. The highest BCUT2D eigenvalue weighted by molar-refractivity contribution is 9.10. The van der Waals surface area contributed by atoms with E-state index < -0.39 is 12.0 Å². The van der Waals surface area contributed by atoms with Crippen molar-refractivity contribution < 1.29 is 19.1 Å². The summed E-state index contributed by atoms with van der Waals surface area (Å²) in [5.41, 5.74) is 2.40. The molecule has 0 aliphatic rings. The molecule has 6 heteroatoms. The van der Waals surface area contributed by atoms with E-state index in [1.807, 2.05) is 13.8 Å². The van der Waals surface area contributed by atoms with E-state index in [4.69, 9.17) is 4.74 Å². The first-order valence-corrected chi connectivity index (χ1v) is 6.84. The van der Waals surface area contributed by atoms with Crippen LogP contribution in [0.25, 0.3) is 0 Å². The number of hydrogen-bond donors (Lipinski definition) is 1. The number of rotatable bonds is 5. The standard InChI is InChI=1S/C14H18BrNO4/c1-8-5-10(6-9(2)12(8)15)13(17)16-11(7-19-3)14(18)20-4/h5-6,11H,7H2,1-4H3,(H,16,17). The SMILES string of the molecule is COCC(NC(=O)c1cc(C)c(Br)c(C)c1)C(=O)OC. The number of hydrogen-bond acceptors (Lipinski definition) is 4. The van der Waals surface area contributed by atoms with E-state index in [0.717, 1.165) is 15.6 Å². The largest absolute Gasteiger partial charge is 0.467 e. The summed E-state index contributed by atoms with van der Waals surface area (Å²) in [5.74, 6) is -0.873.